The standard InChI is InChI=1S/C14H22N2O2/c1-11(2)15(12(3)4)9-8-13-6-5-7-14(10-13)16(17)18/h5-7,10-12H,8-9H2,1-4H3. The molecule has 0 N–H and O–H groups in total. The van der Waals surface area contributed by atoms with Crippen LogP contribution in [0.2, 0.25) is 0 Å². The van der Waals surface area contributed by atoms with Crippen molar-refractivity contribution in [3.8, 4) is 0 Å². The fourth-order valence-corrected chi connectivity index (χ4v) is 2.20. The number of nitrogens with zero attached hydrogens (tertiary/aromatic N) is 2. The Morgan fingerprint density at radius 2 is 1.83 bits per heavy atom. The average Bonchev–Trinajstić information content (AvgIpc) is 2.28. The van der Waals surface area contributed by atoms with Crippen LogP contribution in [-0.4, -0.2) is 28.5 Å². The molecule has 0 spiro atoms. The zero-order chi connectivity index (χ0) is 13.7. The van der Waals surface area contributed by atoms with Crippen molar-refractivity contribution in [2.75, 3.05) is 6.54 Å². The van der Waals surface area contributed by atoms with E-state index in [9.17, 15) is 10.1 Å². The average molecular weight is 250 g/mol. The molecule has 4 heteroatoms. The third-order valence-corrected chi connectivity index (χ3v) is 3.11. The maximum atomic E-state index is 10.7. The molecule has 0 atom stereocenters. The van der Waals surface area contributed by atoms with Crippen LogP contribution in [0.15, 0.2) is 24.3 Å². The molecule has 0 aliphatic rings. The summed E-state index contributed by atoms with van der Waals surface area (Å²) in [6.45, 7) is 9.62. The van der Waals surface area contributed by atoms with E-state index >= 15 is 0 Å². The van der Waals surface area contributed by atoms with Gasteiger partial charge in [-0.3, -0.25) is 15.0 Å². The van der Waals surface area contributed by atoms with Crippen LogP contribution in [0.1, 0.15) is 33.3 Å². The van der Waals surface area contributed by atoms with E-state index in [0.717, 1.165) is 18.5 Å². The van der Waals surface area contributed by atoms with Crippen LogP contribution in [0.3, 0.4) is 0 Å². The van der Waals surface area contributed by atoms with E-state index in [-0.39, 0.29) is 10.6 Å². The van der Waals surface area contributed by atoms with Crippen LogP contribution < -0.4 is 0 Å². The second kappa shape index (κ2) is 6.50. The molecule has 0 amide bonds. The van der Waals surface area contributed by atoms with E-state index in [0.29, 0.717) is 12.1 Å². The summed E-state index contributed by atoms with van der Waals surface area (Å²) in [7, 11) is 0. The summed E-state index contributed by atoms with van der Waals surface area (Å²) in [5, 5.41) is 10.7. The predicted molar refractivity (Wildman–Crippen MR) is 73.8 cm³/mol. The van der Waals surface area contributed by atoms with Crippen molar-refractivity contribution in [1.29, 1.82) is 0 Å². The van der Waals surface area contributed by atoms with Crippen LogP contribution in [0.25, 0.3) is 0 Å². The van der Waals surface area contributed by atoms with Crippen molar-refractivity contribution in [2.24, 2.45) is 0 Å². The SMILES string of the molecule is CC(C)N(CCc1cccc([N+](=O)[O-])c1)C(C)C. The highest BCUT2D eigenvalue weighted by Crippen LogP contribution is 2.15. The first-order chi connectivity index (χ1) is 8.41. The summed E-state index contributed by atoms with van der Waals surface area (Å²) in [4.78, 5) is 12.7. The fourth-order valence-electron chi connectivity index (χ4n) is 2.20. The lowest BCUT2D eigenvalue weighted by atomic mass is 10.1. The van der Waals surface area contributed by atoms with Crippen LogP contribution in [-0.2, 0) is 6.42 Å². The van der Waals surface area contributed by atoms with Gasteiger partial charge >= 0.3 is 0 Å². The summed E-state index contributed by atoms with van der Waals surface area (Å²) in [5.74, 6) is 0. The number of hydrogen-bond acceptors (Lipinski definition) is 3. The van der Waals surface area contributed by atoms with Crippen molar-refractivity contribution in [2.45, 2.75) is 46.2 Å². The fraction of sp³-hybridized carbons (Fsp3) is 0.571. The number of benzene rings is 1. The first-order valence-corrected chi connectivity index (χ1v) is 6.41. The van der Waals surface area contributed by atoms with Gasteiger partial charge in [-0.05, 0) is 39.7 Å². The van der Waals surface area contributed by atoms with Gasteiger partial charge in [-0.1, -0.05) is 12.1 Å². The van der Waals surface area contributed by atoms with Crippen LogP contribution in [0.5, 0.6) is 0 Å². The minimum absolute atomic E-state index is 0.174. The molecule has 0 aromatic heterocycles. The Kier molecular flexibility index (Phi) is 5.28. The molecule has 100 valence electrons. The van der Waals surface area contributed by atoms with Gasteiger partial charge in [0, 0.05) is 30.8 Å². The Morgan fingerprint density at radius 3 is 2.33 bits per heavy atom. The Hall–Kier alpha value is -1.42. The normalized spacial score (nSPS) is 11.5. The molecule has 1 aromatic rings. The zero-order valence-corrected chi connectivity index (χ0v) is 11.6. The third-order valence-electron chi connectivity index (χ3n) is 3.11. The largest absolute Gasteiger partial charge is 0.298 e. The lowest BCUT2D eigenvalue weighted by Crippen LogP contribution is -2.38. The van der Waals surface area contributed by atoms with Crippen LogP contribution in [0, 0.1) is 10.1 Å². The highest BCUT2D eigenvalue weighted by molar-refractivity contribution is 5.34. The Balaban J connectivity index is 2.67. The first-order valence-electron chi connectivity index (χ1n) is 6.41. The van der Waals surface area contributed by atoms with Crippen molar-refractivity contribution in [3.63, 3.8) is 0 Å². The predicted octanol–water partition coefficient (Wildman–Crippen LogP) is 3.26. The number of non-ortho nitro benzene ring substituents is 1. The van der Waals surface area contributed by atoms with Gasteiger partial charge in [0.2, 0.25) is 0 Å². The Bertz CT molecular complexity index is 395. The molecule has 0 radical (unpaired) electrons. The second-order valence-electron chi connectivity index (χ2n) is 5.10. The zero-order valence-electron chi connectivity index (χ0n) is 11.6. The molecule has 18 heavy (non-hydrogen) atoms. The monoisotopic (exact) mass is 250 g/mol. The lowest BCUT2D eigenvalue weighted by Gasteiger charge is -2.30. The van der Waals surface area contributed by atoms with Gasteiger partial charge in [-0.2, -0.15) is 0 Å². The van der Waals surface area contributed by atoms with Gasteiger partial charge in [0.1, 0.15) is 0 Å². The molecule has 0 aliphatic carbocycles. The van der Waals surface area contributed by atoms with E-state index in [1.165, 1.54) is 6.07 Å². The quantitative estimate of drug-likeness (QED) is 0.575. The summed E-state index contributed by atoms with van der Waals surface area (Å²) in [6.07, 6.45) is 0.845. The van der Waals surface area contributed by atoms with Gasteiger partial charge in [-0.25, -0.2) is 0 Å². The Morgan fingerprint density at radius 1 is 1.22 bits per heavy atom. The second-order valence-corrected chi connectivity index (χ2v) is 5.10. The summed E-state index contributed by atoms with van der Waals surface area (Å²) < 4.78 is 0. The van der Waals surface area contributed by atoms with Crippen molar-refractivity contribution >= 4 is 5.69 Å². The summed E-state index contributed by atoms with van der Waals surface area (Å²) in [5.41, 5.74) is 1.20. The van der Waals surface area contributed by atoms with E-state index in [4.69, 9.17) is 0 Å². The van der Waals surface area contributed by atoms with Gasteiger partial charge < -0.3 is 0 Å². The molecule has 0 unspecified atom stereocenters. The minimum Gasteiger partial charge on any atom is -0.298 e. The summed E-state index contributed by atoms with van der Waals surface area (Å²) in [6, 6.07) is 7.88. The molecule has 0 heterocycles. The highest BCUT2D eigenvalue weighted by Gasteiger charge is 2.13. The lowest BCUT2D eigenvalue weighted by molar-refractivity contribution is -0.384. The topological polar surface area (TPSA) is 46.4 Å². The first kappa shape index (κ1) is 14.6. The highest BCUT2D eigenvalue weighted by atomic mass is 16.6. The molecular weight excluding hydrogens is 228 g/mol. The molecule has 0 saturated heterocycles. The van der Waals surface area contributed by atoms with Crippen LogP contribution in [0.4, 0.5) is 5.69 Å². The third kappa shape index (κ3) is 4.11. The van der Waals surface area contributed by atoms with Crippen molar-refractivity contribution in [1.82, 2.24) is 4.90 Å². The number of nitro benzene ring substituents is 1. The molecule has 1 rings (SSSR count). The van der Waals surface area contributed by atoms with Gasteiger partial charge in [0.25, 0.3) is 5.69 Å². The van der Waals surface area contributed by atoms with E-state index in [1.54, 1.807) is 12.1 Å². The Labute approximate surface area is 109 Å². The maximum absolute atomic E-state index is 10.7. The molecule has 4 nitrogen and oxygen atoms in total. The summed E-state index contributed by atoms with van der Waals surface area (Å²) >= 11 is 0. The van der Waals surface area contributed by atoms with Crippen molar-refractivity contribution < 1.29 is 4.92 Å². The van der Waals surface area contributed by atoms with Gasteiger partial charge in [0.15, 0.2) is 0 Å². The molecule has 0 fully saturated rings. The molecule has 0 bridgehead atoms. The minimum atomic E-state index is -0.341. The van der Waals surface area contributed by atoms with Gasteiger partial charge in [-0.15, -0.1) is 0 Å². The van der Waals surface area contributed by atoms with Gasteiger partial charge in [0.05, 0.1) is 4.92 Å². The number of nitro groups is 1. The maximum Gasteiger partial charge on any atom is 0.269 e. The van der Waals surface area contributed by atoms with E-state index in [2.05, 4.69) is 32.6 Å². The van der Waals surface area contributed by atoms with Crippen molar-refractivity contribution in [3.05, 3.63) is 39.9 Å². The number of rotatable bonds is 6. The molecule has 1 aromatic carbocycles. The number of hydrogen-bond donors (Lipinski definition) is 0. The molecule has 0 saturated carbocycles. The molecular formula is C14H22N2O2. The van der Waals surface area contributed by atoms with Crippen LogP contribution >= 0.6 is 0 Å². The van der Waals surface area contributed by atoms with E-state index < -0.39 is 0 Å². The van der Waals surface area contributed by atoms with E-state index in [1.807, 2.05) is 6.07 Å². The smallest absolute Gasteiger partial charge is 0.269 e. The molecule has 0 aliphatic heterocycles.